The fourth-order valence-corrected chi connectivity index (χ4v) is 4.38. The van der Waals surface area contributed by atoms with Gasteiger partial charge in [0.05, 0.1) is 10.9 Å². The summed E-state index contributed by atoms with van der Waals surface area (Å²) in [5.41, 5.74) is 2.94. The third kappa shape index (κ3) is 5.30. The second-order valence-corrected chi connectivity index (χ2v) is 8.52. The highest BCUT2D eigenvalue weighted by molar-refractivity contribution is 7.89. The quantitative estimate of drug-likeness (QED) is 0.683. The lowest BCUT2D eigenvalue weighted by molar-refractivity contribution is -0.117. The van der Waals surface area contributed by atoms with Crippen LogP contribution in [0.15, 0.2) is 59.5 Å². The molecular formula is C22H28N2O3S. The van der Waals surface area contributed by atoms with Crippen LogP contribution < -0.4 is 5.32 Å². The van der Waals surface area contributed by atoms with Gasteiger partial charge < -0.3 is 5.32 Å². The predicted molar refractivity (Wildman–Crippen MR) is 113 cm³/mol. The number of amides is 1. The number of carbonyl (C=O) groups excluding carboxylic acids is 1. The zero-order chi connectivity index (χ0) is 20.7. The molecule has 1 amide bonds. The van der Waals surface area contributed by atoms with Crippen molar-refractivity contribution in [1.29, 1.82) is 0 Å². The Balaban J connectivity index is 2.06. The van der Waals surface area contributed by atoms with E-state index in [9.17, 15) is 13.2 Å². The molecule has 2 aromatic rings. The van der Waals surface area contributed by atoms with Crippen LogP contribution in [0.1, 0.15) is 43.5 Å². The Kier molecular flexibility index (Phi) is 7.54. The molecule has 1 atom stereocenters. The highest BCUT2D eigenvalue weighted by Crippen LogP contribution is 2.19. The molecule has 1 N–H and O–H groups in total. The van der Waals surface area contributed by atoms with Crippen LogP contribution in [0.4, 0.5) is 0 Å². The van der Waals surface area contributed by atoms with Crippen LogP contribution >= 0.6 is 0 Å². The van der Waals surface area contributed by atoms with E-state index in [1.807, 2.05) is 52.0 Å². The van der Waals surface area contributed by atoms with Gasteiger partial charge in [0.2, 0.25) is 15.9 Å². The van der Waals surface area contributed by atoms with E-state index in [2.05, 4.69) is 5.32 Å². The molecule has 1 unspecified atom stereocenters. The van der Waals surface area contributed by atoms with Crippen molar-refractivity contribution >= 4 is 22.0 Å². The lowest BCUT2D eigenvalue weighted by Crippen LogP contribution is -2.30. The van der Waals surface area contributed by atoms with Crippen molar-refractivity contribution < 1.29 is 13.2 Å². The fraction of sp³-hybridized carbons (Fsp3) is 0.318. The van der Waals surface area contributed by atoms with Gasteiger partial charge in [0.15, 0.2) is 0 Å². The summed E-state index contributed by atoms with van der Waals surface area (Å²) in [4.78, 5) is 12.5. The first-order valence-corrected chi connectivity index (χ1v) is 10.9. The molecule has 0 bridgehead atoms. The van der Waals surface area contributed by atoms with E-state index in [-0.39, 0.29) is 16.8 Å². The van der Waals surface area contributed by atoms with Gasteiger partial charge in [-0.3, -0.25) is 4.79 Å². The Hall–Kier alpha value is -2.44. The predicted octanol–water partition coefficient (Wildman–Crippen LogP) is 3.92. The van der Waals surface area contributed by atoms with Crippen LogP contribution in [-0.4, -0.2) is 31.7 Å². The first-order chi connectivity index (χ1) is 13.3. The van der Waals surface area contributed by atoms with E-state index in [1.165, 1.54) is 10.4 Å². The average molecular weight is 401 g/mol. The van der Waals surface area contributed by atoms with Gasteiger partial charge in [-0.05, 0) is 48.7 Å². The Morgan fingerprint density at radius 2 is 1.68 bits per heavy atom. The Bertz CT molecular complexity index is 931. The first-order valence-electron chi connectivity index (χ1n) is 9.43. The van der Waals surface area contributed by atoms with E-state index in [4.69, 9.17) is 0 Å². The minimum atomic E-state index is -3.48. The molecule has 0 radical (unpaired) electrons. The molecule has 0 saturated heterocycles. The molecule has 6 heteroatoms. The first kappa shape index (κ1) is 21.9. The number of carbonyl (C=O) groups is 1. The molecule has 28 heavy (non-hydrogen) atoms. The molecule has 0 spiro atoms. The van der Waals surface area contributed by atoms with Gasteiger partial charge in [-0.15, -0.1) is 0 Å². The summed E-state index contributed by atoms with van der Waals surface area (Å²) in [5, 5.41) is 2.90. The number of benzene rings is 2. The normalized spacial score (nSPS) is 13.0. The van der Waals surface area contributed by atoms with E-state index >= 15 is 0 Å². The topological polar surface area (TPSA) is 66.5 Å². The number of aryl methyl sites for hydroxylation is 1. The van der Waals surface area contributed by atoms with Crippen molar-refractivity contribution in [3.63, 3.8) is 0 Å². The molecule has 150 valence electrons. The second kappa shape index (κ2) is 9.66. The molecule has 0 aromatic heterocycles. The lowest BCUT2D eigenvalue weighted by Gasteiger charge is -2.19. The molecule has 0 aliphatic rings. The number of hydrogen-bond acceptors (Lipinski definition) is 3. The summed E-state index contributed by atoms with van der Waals surface area (Å²) in [6.07, 6.45) is 3.30. The maximum absolute atomic E-state index is 12.5. The smallest absolute Gasteiger partial charge is 0.244 e. The Morgan fingerprint density at radius 1 is 1.07 bits per heavy atom. The van der Waals surface area contributed by atoms with Crippen LogP contribution in [0.5, 0.6) is 0 Å². The van der Waals surface area contributed by atoms with Crippen LogP contribution in [-0.2, 0) is 14.8 Å². The standard InChI is InChI=1S/C22H28N2O3S/c1-5-24(6-2)28(26,27)21-14-11-20(12-15-21)18(4)23-22(25)16-13-19-10-8-7-9-17(19)3/h7-16,18H,5-6H2,1-4H3,(H,23,25)/b16-13+. The molecule has 0 heterocycles. The number of rotatable bonds is 8. The fourth-order valence-electron chi connectivity index (χ4n) is 2.93. The van der Waals surface area contributed by atoms with Gasteiger partial charge in [-0.25, -0.2) is 8.42 Å². The largest absolute Gasteiger partial charge is 0.346 e. The number of nitrogens with one attached hydrogen (secondary N) is 1. The van der Waals surface area contributed by atoms with E-state index < -0.39 is 10.0 Å². The van der Waals surface area contributed by atoms with Crippen molar-refractivity contribution in [3.05, 3.63) is 71.3 Å². The highest BCUT2D eigenvalue weighted by Gasteiger charge is 2.21. The lowest BCUT2D eigenvalue weighted by atomic mass is 10.1. The zero-order valence-electron chi connectivity index (χ0n) is 16.8. The Morgan fingerprint density at radius 3 is 2.25 bits per heavy atom. The van der Waals surface area contributed by atoms with Gasteiger partial charge in [-0.1, -0.05) is 50.2 Å². The van der Waals surface area contributed by atoms with E-state index in [0.717, 1.165) is 16.7 Å². The molecule has 2 aromatic carbocycles. The molecule has 2 rings (SSSR count). The minimum absolute atomic E-state index is 0.199. The van der Waals surface area contributed by atoms with Gasteiger partial charge in [0.25, 0.3) is 0 Å². The Labute approximate surface area is 168 Å². The number of nitrogens with zero attached hydrogens (tertiary/aromatic N) is 1. The van der Waals surface area contributed by atoms with Gasteiger partial charge >= 0.3 is 0 Å². The van der Waals surface area contributed by atoms with Crippen molar-refractivity contribution in [1.82, 2.24) is 9.62 Å². The maximum Gasteiger partial charge on any atom is 0.244 e. The summed E-state index contributed by atoms with van der Waals surface area (Å²) >= 11 is 0. The van der Waals surface area contributed by atoms with Gasteiger partial charge in [0, 0.05) is 19.2 Å². The SMILES string of the molecule is CCN(CC)S(=O)(=O)c1ccc(C(C)NC(=O)/C=C/c2ccccc2C)cc1. The third-order valence-electron chi connectivity index (χ3n) is 4.68. The second-order valence-electron chi connectivity index (χ2n) is 6.58. The summed E-state index contributed by atoms with van der Waals surface area (Å²) in [6.45, 7) is 8.36. The molecule has 0 fully saturated rings. The zero-order valence-corrected chi connectivity index (χ0v) is 17.7. The summed E-state index contributed by atoms with van der Waals surface area (Å²) < 4.78 is 26.5. The van der Waals surface area contributed by atoms with E-state index in [1.54, 1.807) is 30.3 Å². The average Bonchev–Trinajstić information content (AvgIpc) is 2.68. The molecular weight excluding hydrogens is 372 g/mol. The van der Waals surface area contributed by atoms with Crippen molar-refractivity contribution in [3.8, 4) is 0 Å². The van der Waals surface area contributed by atoms with Crippen LogP contribution in [0.2, 0.25) is 0 Å². The summed E-state index contributed by atoms with van der Waals surface area (Å²) in [6, 6.07) is 14.3. The number of hydrogen-bond donors (Lipinski definition) is 1. The van der Waals surface area contributed by atoms with Gasteiger partial charge in [-0.2, -0.15) is 4.31 Å². The van der Waals surface area contributed by atoms with E-state index in [0.29, 0.717) is 13.1 Å². The maximum atomic E-state index is 12.5. The molecule has 0 aliphatic carbocycles. The van der Waals surface area contributed by atoms with Crippen molar-refractivity contribution in [2.75, 3.05) is 13.1 Å². The molecule has 5 nitrogen and oxygen atoms in total. The third-order valence-corrected chi connectivity index (χ3v) is 6.75. The summed E-state index contributed by atoms with van der Waals surface area (Å²) in [7, 11) is -3.48. The van der Waals surface area contributed by atoms with Crippen molar-refractivity contribution in [2.45, 2.75) is 38.6 Å². The highest BCUT2D eigenvalue weighted by atomic mass is 32.2. The monoisotopic (exact) mass is 400 g/mol. The molecule has 0 saturated carbocycles. The van der Waals surface area contributed by atoms with Crippen LogP contribution in [0, 0.1) is 6.92 Å². The van der Waals surface area contributed by atoms with Crippen LogP contribution in [0.3, 0.4) is 0 Å². The minimum Gasteiger partial charge on any atom is -0.346 e. The van der Waals surface area contributed by atoms with Crippen LogP contribution in [0.25, 0.3) is 6.08 Å². The number of sulfonamides is 1. The van der Waals surface area contributed by atoms with Gasteiger partial charge in [0.1, 0.15) is 0 Å². The van der Waals surface area contributed by atoms with Crippen molar-refractivity contribution in [2.24, 2.45) is 0 Å². The molecule has 0 aliphatic heterocycles. The summed E-state index contributed by atoms with van der Waals surface area (Å²) in [5.74, 6) is -0.199.